The highest BCUT2D eigenvalue weighted by molar-refractivity contribution is 6.04. The van der Waals surface area contributed by atoms with Crippen molar-refractivity contribution in [3.63, 3.8) is 0 Å². The number of anilines is 2. The van der Waals surface area contributed by atoms with Crippen molar-refractivity contribution >= 4 is 29.5 Å². The molecule has 13 heteroatoms. The number of hydrazone groups is 1. The van der Waals surface area contributed by atoms with E-state index in [1.165, 1.54) is 29.4 Å². The summed E-state index contributed by atoms with van der Waals surface area (Å²) in [7, 11) is 1.72. The molecule has 2 aromatic carbocycles. The summed E-state index contributed by atoms with van der Waals surface area (Å²) in [6, 6.07) is 13.1. The first-order valence-corrected chi connectivity index (χ1v) is 9.49. The number of nitrogens with two attached hydrogens (primary N) is 1. The molecule has 0 radical (unpaired) electrons. The number of rotatable bonds is 5. The topological polar surface area (TPSA) is 128 Å². The fraction of sp³-hybridized carbons (Fsp3) is 0.100. The Labute approximate surface area is 185 Å². The average Bonchev–Trinajstić information content (AvgIpc) is 3.41. The van der Waals surface area contributed by atoms with Crippen molar-refractivity contribution in [2.75, 3.05) is 17.4 Å². The number of carbonyl (C=O) groups is 1. The van der Waals surface area contributed by atoms with E-state index in [1.54, 1.807) is 42.7 Å². The van der Waals surface area contributed by atoms with Crippen molar-refractivity contribution in [1.29, 1.82) is 5.41 Å². The fourth-order valence-corrected chi connectivity index (χ4v) is 3.04. The Morgan fingerprint density at radius 1 is 1.12 bits per heavy atom. The number of hydrogen-bond donors (Lipinski definition) is 4. The summed E-state index contributed by atoms with van der Waals surface area (Å²) in [5.74, 6) is -1.06. The molecule has 5 N–H and O–H groups in total. The van der Waals surface area contributed by atoms with Crippen LogP contribution in [0.15, 0.2) is 59.7 Å². The van der Waals surface area contributed by atoms with E-state index in [-0.39, 0.29) is 22.8 Å². The summed E-state index contributed by atoms with van der Waals surface area (Å²) < 4.78 is 40.9. The number of halogens is 3. The van der Waals surface area contributed by atoms with Crippen molar-refractivity contribution in [2.45, 2.75) is 6.18 Å². The van der Waals surface area contributed by atoms with Gasteiger partial charge in [0.1, 0.15) is 17.9 Å². The molecule has 0 aliphatic carbocycles. The molecule has 0 saturated heterocycles. The Morgan fingerprint density at radius 2 is 1.85 bits per heavy atom. The minimum Gasteiger partial charge on any atom is -0.384 e. The SMILES string of the molecule is CN1N=CN(c2ccc(NC(=O)c3cc(C(F)(F)F)nn3-c3cccc(C(=N)N)c3)cc2)N1. The molecule has 0 unspecified atom stereocenters. The number of nitrogens with zero attached hydrogens (tertiary/aromatic N) is 5. The maximum absolute atomic E-state index is 13.3. The van der Waals surface area contributed by atoms with Crippen LogP contribution in [0, 0.1) is 5.41 Å². The minimum absolute atomic E-state index is 0.155. The van der Waals surface area contributed by atoms with Crippen molar-refractivity contribution < 1.29 is 18.0 Å². The number of nitrogens with one attached hydrogen (secondary N) is 3. The van der Waals surface area contributed by atoms with Crippen LogP contribution in [-0.4, -0.2) is 40.0 Å². The predicted molar refractivity (Wildman–Crippen MR) is 116 cm³/mol. The van der Waals surface area contributed by atoms with Gasteiger partial charge in [-0.05, 0) is 36.4 Å². The van der Waals surface area contributed by atoms with Crippen LogP contribution >= 0.6 is 0 Å². The summed E-state index contributed by atoms with van der Waals surface area (Å²) >= 11 is 0. The second kappa shape index (κ2) is 8.27. The zero-order chi connectivity index (χ0) is 23.8. The fourth-order valence-electron chi connectivity index (χ4n) is 3.04. The summed E-state index contributed by atoms with van der Waals surface area (Å²) in [4.78, 5) is 12.9. The summed E-state index contributed by atoms with van der Waals surface area (Å²) in [5, 5.41) is 20.8. The molecule has 1 aliphatic heterocycles. The Hall–Kier alpha value is -4.39. The molecule has 0 fully saturated rings. The van der Waals surface area contributed by atoms with Crippen molar-refractivity contribution in [3.8, 4) is 5.69 Å². The summed E-state index contributed by atoms with van der Waals surface area (Å²) in [6.45, 7) is 0. The number of benzene rings is 2. The van der Waals surface area contributed by atoms with Crippen molar-refractivity contribution in [1.82, 2.24) is 20.4 Å². The molecule has 10 nitrogen and oxygen atoms in total. The van der Waals surface area contributed by atoms with Crippen molar-refractivity contribution in [3.05, 3.63) is 71.5 Å². The van der Waals surface area contributed by atoms with E-state index in [4.69, 9.17) is 11.1 Å². The molecule has 0 bridgehead atoms. The van der Waals surface area contributed by atoms with Gasteiger partial charge >= 0.3 is 6.18 Å². The third-order valence-electron chi connectivity index (χ3n) is 4.63. The third-order valence-corrected chi connectivity index (χ3v) is 4.63. The number of amides is 1. The molecule has 4 rings (SSSR count). The Kier molecular flexibility index (Phi) is 5.47. The van der Waals surface area contributed by atoms with Gasteiger partial charge in [0.25, 0.3) is 5.91 Å². The van der Waals surface area contributed by atoms with E-state index in [9.17, 15) is 18.0 Å². The maximum Gasteiger partial charge on any atom is 0.435 e. The second-order valence-electron chi connectivity index (χ2n) is 7.01. The van der Waals surface area contributed by atoms with E-state index < -0.39 is 17.8 Å². The maximum atomic E-state index is 13.3. The largest absolute Gasteiger partial charge is 0.435 e. The smallest absolute Gasteiger partial charge is 0.384 e. The van der Waals surface area contributed by atoms with Gasteiger partial charge in [0, 0.05) is 24.4 Å². The molecule has 0 atom stereocenters. The molecule has 1 amide bonds. The van der Waals surface area contributed by atoms with E-state index in [0.717, 1.165) is 10.4 Å². The van der Waals surface area contributed by atoms with Gasteiger partial charge in [0.2, 0.25) is 0 Å². The number of nitrogen functional groups attached to an aromatic ring is 1. The number of amidine groups is 1. The van der Waals surface area contributed by atoms with E-state index >= 15 is 0 Å². The first-order chi connectivity index (χ1) is 15.6. The minimum atomic E-state index is -4.75. The van der Waals surface area contributed by atoms with Gasteiger partial charge in [-0.3, -0.25) is 10.2 Å². The number of aromatic nitrogens is 2. The van der Waals surface area contributed by atoms with Crippen molar-refractivity contribution in [2.24, 2.45) is 10.8 Å². The average molecular weight is 457 g/mol. The van der Waals surface area contributed by atoms with Gasteiger partial charge in [-0.1, -0.05) is 12.1 Å². The van der Waals surface area contributed by atoms with Gasteiger partial charge in [-0.15, -0.1) is 10.6 Å². The predicted octanol–water partition coefficient (Wildman–Crippen LogP) is 2.54. The molecule has 1 aromatic heterocycles. The lowest BCUT2D eigenvalue weighted by molar-refractivity contribution is -0.141. The molecule has 1 aliphatic rings. The van der Waals surface area contributed by atoms with Crippen LogP contribution in [0.2, 0.25) is 0 Å². The normalized spacial score (nSPS) is 13.5. The molecule has 0 saturated carbocycles. The molecule has 0 spiro atoms. The van der Waals surface area contributed by atoms with Crippen LogP contribution in [0.25, 0.3) is 5.69 Å². The lowest BCUT2D eigenvalue weighted by atomic mass is 10.2. The Bertz CT molecular complexity index is 1230. The van der Waals surface area contributed by atoms with Crippen LogP contribution in [0.4, 0.5) is 24.5 Å². The number of hydrogen-bond acceptors (Lipinski definition) is 7. The number of hydrazine groups is 2. The van der Waals surface area contributed by atoms with Gasteiger partial charge in [-0.25, -0.2) is 14.8 Å². The first-order valence-electron chi connectivity index (χ1n) is 9.49. The standard InChI is InChI=1S/C20H18F3N9O/c1-30-26-11-31(29-30)14-7-5-13(6-8-14)27-19(33)16-10-17(20(21,22)23)28-32(16)15-4-2-3-12(9-15)18(24)25/h2-11,29H,1H3,(H3,24,25)(H,27,33). The highest BCUT2D eigenvalue weighted by Crippen LogP contribution is 2.30. The summed E-state index contributed by atoms with van der Waals surface area (Å²) in [6.07, 6.45) is -3.20. The van der Waals surface area contributed by atoms with E-state index in [2.05, 4.69) is 21.1 Å². The van der Waals surface area contributed by atoms with Crippen LogP contribution in [0.3, 0.4) is 0 Å². The van der Waals surface area contributed by atoms with Gasteiger partial charge < -0.3 is 11.1 Å². The van der Waals surface area contributed by atoms with E-state index in [0.29, 0.717) is 11.8 Å². The van der Waals surface area contributed by atoms with Crippen LogP contribution in [0.5, 0.6) is 0 Å². The molecular formula is C20H18F3N9O. The van der Waals surface area contributed by atoms with Crippen LogP contribution < -0.4 is 21.6 Å². The molecule has 2 heterocycles. The number of carbonyl (C=O) groups excluding carboxylic acids is 1. The van der Waals surface area contributed by atoms with E-state index in [1.807, 2.05) is 0 Å². The second-order valence-corrected chi connectivity index (χ2v) is 7.01. The Balaban J connectivity index is 1.63. The van der Waals surface area contributed by atoms with Crippen LogP contribution in [-0.2, 0) is 6.18 Å². The zero-order valence-corrected chi connectivity index (χ0v) is 17.1. The molecule has 3 aromatic rings. The highest BCUT2D eigenvalue weighted by atomic mass is 19.4. The lowest BCUT2D eigenvalue weighted by Crippen LogP contribution is -2.38. The number of alkyl halides is 3. The quantitative estimate of drug-likeness (QED) is 0.344. The highest BCUT2D eigenvalue weighted by Gasteiger charge is 2.36. The molecule has 170 valence electrons. The third kappa shape index (κ3) is 4.62. The van der Waals surface area contributed by atoms with Crippen LogP contribution in [0.1, 0.15) is 21.7 Å². The van der Waals surface area contributed by atoms with Gasteiger partial charge in [-0.2, -0.15) is 18.3 Å². The molecular weight excluding hydrogens is 439 g/mol. The monoisotopic (exact) mass is 457 g/mol. The first kappa shape index (κ1) is 21.8. The van der Waals surface area contributed by atoms with Gasteiger partial charge in [0.05, 0.1) is 11.4 Å². The Morgan fingerprint density at radius 3 is 2.45 bits per heavy atom. The zero-order valence-electron chi connectivity index (χ0n) is 17.1. The summed E-state index contributed by atoms with van der Waals surface area (Å²) in [5.41, 5.74) is 8.38. The lowest BCUT2D eigenvalue weighted by Gasteiger charge is -2.17. The van der Waals surface area contributed by atoms with Gasteiger partial charge in [0.15, 0.2) is 5.69 Å². The molecule has 33 heavy (non-hydrogen) atoms.